The lowest BCUT2D eigenvalue weighted by atomic mass is 10.1. The number of hydrogen-bond donors (Lipinski definition) is 1. The summed E-state index contributed by atoms with van der Waals surface area (Å²) in [6, 6.07) is 3.27. The molecule has 2 rings (SSSR count). The summed E-state index contributed by atoms with van der Waals surface area (Å²) in [5.74, 6) is 0.229. The maximum atomic E-state index is 11.5. The zero-order chi connectivity index (χ0) is 9.64. The molecule has 1 aromatic rings. The van der Waals surface area contributed by atoms with E-state index in [1.165, 1.54) is 0 Å². The van der Waals surface area contributed by atoms with Gasteiger partial charge < -0.3 is 5.73 Å². The number of fused-ring (bicyclic) bond motifs is 1. The molecule has 2 N–H and O–H groups in total. The van der Waals surface area contributed by atoms with Gasteiger partial charge >= 0.3 is 0 Å². The van der Waals surface area contributed by atoms with E-state index >= 15 is 0 Å². The Labute approximate surface area is 77.5 Å². The maximum absolute atomic E-state index is 11.5. The molecule has 3 nitrogen and oxygen atoms in total. The van der Waals surface area contributed by atoms with E-state index in [9.17, 15) is 8.42 Å². The predicted octanol–water partition coefficient (Wildman–Crippen LogP) is 0.907. The number of anilines is 1. The summed E-state index contributed by atoms with van der Waals surface area (Å²) in [7, 11) is -3.00. The second-order valence-electron chi connectivity index (χ2n) is 3.33. The molecule has 1 heterocycles. The average Bonchev–Trinajstić information content (AvgIpc) is 2.35. The van der Waals surface area contributed by atoms with Gasteiger partial charge in [-0.2, -0.15) is 0 Å². The first kappa shape index (κ1) is 8.56. The van der Waals surface area contributed by atoms with Gasteiger partial charge in [0.15, 0.2) is 9.84 Å². The van der Waals surface area contributed by atoms with Crippen molar-refractivity contribution in [2.75, 3.05) is 11.5 Å². The molecule has 0 aromatic heterocycles. The number of rotatable bonds is 0. The molecule has 0 radical (unpaired) electrons. The van der Waals surface area contributed by atoms with Gasteiger partial charge in [0.1, 0.15) is 0 Å². The number of sulfone groups is 1. The van der Waals surface area contributed by atoms with Crippen LogP contribution in [0.5, 0.6) is 0 Å². The lowest BCUT2D eigenvalue weighted by Gasteiger charge is -2.05. The lowest BCUT2D eigenvalue weighted by molar-refractivity contribution is 0.600. The van der Waals surface area contributed by atoms with Crippen LogP contribution in [0.15, 0.2) is 17.0 Å². The molecule has 0 unspecified atom stereocenters. The fourth-order valence-corrected chi connectivity index (χ4v) is 3.30. The van der Waals surface area contributed by atoms with Crippen LogP contribution >= 0.6 is 0 Å². The molecule has 0 saturated carbocycles. The van der Waals surface area contributed by atoms with Crippen LogP contribution in [0.3, 0.4) is 0 Å². The molecule has 1 aromatic carbocycles. The van der Waals surface area contributed by atoms with E-state index in [1.807, 2.05) is 6.92 Å². The molecule has 0 bridgehead atoms. The number of nitrogens with two attached hydrogens (primary N) is 1. The quantitative estimate of drug-likeness (QED) is 0.629. The third-order valence-electron chi connectivity index (χ3n) is 2.55. The minimum absolute atomic E-state index is 0.229. The van der Waals surface area contributed by atoms with Gasteiger partial charge in [-0.1, -0.05) is 0 Å². The zero-order valence-electron chi connectivity index (χ0n) is 7.37. The van der Waals surface area contributed by atoms with E-state index in [-0.39, 0.29) is 5.75 Å². The summed E-state index contributed by atoms with van der Waals surface area (Å²) in [5, 5.41) is 0. The van der Waals surface area contributed by atoms with Crippen molar-refractivity contribution in [3.05, 3.63) is 23.3 Å². The van der Waals surface area contributed by atoms with Gasteiger partial charge in [-0.05, 0) is 36.6 Å². The van der Waals surface area contributed by atoms with Gasteiger partial charge in [0, 0.05) is 5.69 Å². The van der Waals surface area contributed by atoms with Crippen molar-refractivity contribution in [1.82, 2.24) is 0 Å². The van der Waals surface area contributed by atoms with Crippen LogP contribution in [0.4, 0.5) is 5.69 Å². The molecule has 0 saturated heterocycles. The number of hydrogen-bond acceptors (Lipinski definition) is 3. The summed E-state index contributed by atoms with van der Waals surface area (Å²) >= 11 is 0. The molecule has 1 aliphatic heterocycles. The first-order valence-corrected chi connectivity index (χ1v) is 5.78. The largest absolute Gasteiger partial charge is 0.399 e. The van der Waals surface area contributed by atoms with Crippen molar-refractivity contribution in [3.8, 4) is 0 Å². The van der Waals surface area contributed by atoms with E-state index in [4.69, 9.17) is 5.73 Å². The molecule has 1 aliphatic rings. The van der Waals surface area contributed by atoms with Crippen LogP contribution in [0.25, 0.3) is 0 Å². The van der Waals surface area contributed by atoms with Crippen LogP contribution < -0.4 is 5.73 Å². The van der Waals surface area contributed by atoms with Crippen LogP contribution in [0.2, 0.25) is 0 Å². The van der Waals surface area contributed by atoms with Crippen molar-refractivity contribution >= 4 is 15.5 Å². The maximum Gasteiger partial charge on any atom is 0.178 e. The van der Waals surface area contributed by atoms with E-state index in [0.717, 1.165) is 11.1 Å². The first-order valence-electron chi connectivity index (χ1n) is 4.13. The van der Waals surface area contributed by atoms with Crippen LogP contribution in [0, 0.1) is 6.92 Å². The van der Waals surface area contributed by atoms with Crippen molar-refractivity contribution in [1.29, 1.82) is 0 Å². The third kappa shape index (κ3) is 1.13. The SMILES string of the molecule is Cc1c(N)ccc2c1CCS2(=O)=O. The Morgan fingerprint density at radius 3 is 2.77 bits per heavy atom. The topological polar surface area (TPSA) is 60.2 Å². The van der Waals surface area contributed by atoms with Crippen LogP contribution in [0.1, 0.15) is 11.1 Å². The second kappa shape index (κ2) is 2.48. The van der Waals surface area contributed by atoms with Gasteiger partial charge in [-0.3, -0.25) is 0 Å². The molecule has 4 heteroatoms. The van der Waals surface area contributed by atoms with Gasteiger partial charge in [0.25, 0.3) is 0 Å². The van der Waals surface area contributed by atoms with E-state index in [1.54, 1.807) is 12.1 Å². The zero-order valence-corrected chi connectivity index (χ0v) is 8.19. The fraction of sp³-hybridized carbons (Fsp3) is 0.333. The summed E-state index contributed by atoms with van der Waals surface area (Å²) in [4.78, 5) is 0.471. The Kier molecular flexibility index (Phi) is 1.63. The Morgan fingerprint density at radius 1 is 1.38 bits per heavy atom. The van der Waals surface area contributed by atoms with E-state index in [2.05, 4.69) is 0 Å². The smallest absolute Gasteiger partial charge is 0.178 e. The predicted molar refractivity (Wildman–Crippen MR) is 51.3 cm³/mol. The van der Waals surface area contributed by atoms with Gasteiger partial charge in [-0.25, -0.2) is 8.42 Å². The van der Waals surface area contributed by atoms with Crippen molar-refractivity contribution in [3.63, 3.8) is 0 Å². The fourth-order valence-electron chi connectivity index (χ4n) is 1.70. The standard InChI is InChI=1S/C9H11NO2S/c1-6-7-4-5-13(11,12)9(7)3-2-8(6)10/h2-3H,4-5,10H2,1H3. The molecular formula is C9H11NO2S. The highest BCUT2D eigenvalue weighted by molar-refractivity contribution is 7.91. The molecule has 70 valence electrons. The molecule has 0 atom stereocenters. The normalized spacial score (nSPS) is 18.5. The Balaban J connectivity index is 2.78. The summed E-state index contributed by atoms with van der Waals surface area (Å²) in [6.07, 6.45) is 0.606. The Hall–Kier alpha value is -1.03. The highest BCUT2D eigenvalue weighted by atomic mass is 32.2. The average molecular weight is 197 g/mol. The second-order valence-corrected chi connectivity index (χ2v) is 5.40. The van der Waals surface area contributed by atoms with Gasteiger partial charge in [-0.15, -0.1) is 0 Å². The first-order chi connectivity index (χ1) is 6.02. The molecule has 0 amide bonds. The number of nitrogen functional groups attached to an aromatic ring is 1. The molecule has 0 spiro atoms. The monoisotopic (exact) mass is 197 g/mol. The highest BCUT2D eigenvalue weighted by Crippen LogP contribution is 2.30. The number of benzene rings is 1. The molecular weight excluding hydrogens is 186 g/mol. The van der Waals surface area contributed by atoms with E-state index in [0.29, 0.717) is 17.0 Å². The van der Waals surface area contributed by atoms with Crippen molar-refractivity contribution < 1.29 is 8.42 Å². The van der Waals surface area contributed by atoms with Gasteiger partial charge in [0.2, 0.25) is 0 Å². The van der Waals surface area contributed by atoms with E-state index < -0.39 is 9.84 Å². The molecule has 13 heavy (non-hydrogen) atoms. The summed E-state index contributed by atoms with van der Waals surface area (Å²) in [6.45, 7) is 1.87. The lowest BCUT2D eigenvalue weighted by Crippen LogP contribution is -1.99. The van der Waals surface area contributed by atoms with Gasteiger partial charge in [0.05, 0.1) is 10.6 Å². The Bertz CT molecular complexity index is 463. The highest BCUT2D eigenvalue weighted by Gasteiger charge is 2.27. The van der Waals surface area contributed by atoms with Crippen LogP contribution in [-0.4, -0.2) is 14.2 Å². The summed E-state index contributed by atoms with van der Waals surface area (Å²) < 4.78 is 23.0. The third-order valence-corrected chi connectivity index (χ3v) is 4.35. The molecule has 0 fully saturated rings. The van der Waals surface area contributed by atoms with Crippen LogP contribution in [-0.2, 0) is 16.3 Å². The van der Waals surface area contributed by atoms with Crippen molar-refractivity contribution in [2.24, 2.45) is 0 Å². The Morgan fingerprint density at radius 2 is 2.08 bits per heavy atom. The molecule has 0 aliphatic carbocycles. The minimum Gasteiger partial charge on any atom is -0.399 e. The summed E-state index contributed by atoms with van der Waals surface area (Å²) in [5.41, 5.74) is 8.18. The van der Waals surface area contributed by atoms with Crippen molar-refractivity contribution in [2.45, 2.75) is 18.2 Å². The minimum atomic E-state index is -3.00.